The Morgan fingerprint density at radius 3 is 2.40 bits per heavy atom. The van der Waals surface area contributed by atoms with Gasteiger partial charge in [-0.25, -0.2) is 0 Å². The van der Waals surface area contributed by atoms with Crippen molar-refractivity contribution in [1.29, 1.82) is 0 Å². The van der Waals surface area contributed by atoms with Gasteiger partial charge in [0.25, 0.3) is 0 Å². The zero-order valence-electron chi connectivity index (χ0n) is 6.78. The Kier molecular flexibility index (Phi) is 4.17. The highest BCUT2D eigenvalue weighted by atomic mass is 13.9. The molecule has 0 nitrogen and oxygen atoms in total. The molecule has 0 atom stereocenters. The van der Waals surface area contributed by atoms with E-state index in [4.69, 9.17) is 6.42 Å². The fourth-order valence-corrected chi connectivity index (χ4v) is 0.738. The third-order valence-electron chi connectivity index (χ3n) is 1.29. The van der Waals surface area contributed by atoms with Crippen LogP contribution in [-0.4, -0.2) is 0 Å². The number of hydrogen-bond acceptors (Lipinski definition) is 0. The molecule has 0 unspecified atom stereocenters. The van der Waals surface area contributed by atoms with Crippen molar-refractivity contribution in [1.82, 2.24) is 0 Å². The minimum Gasteiger partial charge on any atom is -0.115 e. The smallest absolute Gasteiger partial charge is 0.0127 e. The zero-order chi connectivity index (χ0) is 7.98. The summed E-state index contributed by atoms with van der Waals surface area (Å²) in [6.45, 7) is 5.80. The van der Waals surface area contributed by atoms with Gasteiger partial charge in [-0.2, -0.15) is 0 Å². The number of allylic oxidation sites excluding steroid dienone is 2. The highest BCUT2D eigenvalue weighted by Crippen LogP contribution is 2.04. The molecule has 10 heavy (non-hydrogen) atoms. The molecule has 0 aliphatic rings. The van der Waals surface area contributed by atoms with Gasteiger partial charge in [-0.05, 0) is 20.3 Å². The van der Waals surface area contributed by atoms with E-state index in [0.717, 1.165) is 17.6 Å². The van der Waals surface area contributed by atoms with Crippen LogP contribution in [0.4, 0.5) is 0 Å². The van der Waals surface area contributed by atoms with E-state index in [2.05, 4.69) is 17.8 Å². The van der Waals surface area contributed by atoms with Crippen LogP contribution in [0.2, 0.25) is 0 Å². The quantitative estimate of drug-likeness (QED) is 0.480. The molecule has 0 saturated carbocycles. The summed E-state index contributed by atoms with van der Waals surface area (Å²) in [7, 11) is 0. The molecule has 0 aromatic carbocycles. The minimum atomic E-state index is 0.900. The Hall–Kier alpha value is -1.14. The summed E-state index contributed by atoms with van der Waals surface area (Å²) in [6, 6.07) is 0. The zero-order valence-corrected chi connectivity index (χ0v) is 6.78. The van der Waals surface area contributed by atoms with E-state index >= 15 is 0 Å². The fourth-order valence-electron chi connectivity index (χ4n) is 0.738. The van der Waals surface area contributed by atoms with Gasteiger partial charge in [-0.3, -0.25) is 0 Å². The molecule has 0 heteroatoms. The Morgan fingerprint density at radius 2 is 2.10 bits per heavy atom. The highest BCUT2D eigenvalue weighted by Gasteiger charge is 1.90. The van der Waals surface area contributed by atoms with E-state index in [9.17, 15) is 0 Å². The molecule has 0 radical (unpaired) electrons. The Morgan fingerprint density at radius 1 is 1.50 bits per heavy atom. The molecular formula is C10H12. The van der Waals surface area contributed by atoms with Crippen molar-refractivity contribution >= 4 is 0 Å². The van der Waals surface area contributed by atoms with Crippen LogP contribution < -0.4 is 0 Å². The summed E-state index contributed by atoms with van der Waals surface area (Å²) in [6.07, 6.45) is 6.14. The summed E-state index contributed by atoms with van der Waals surface area (Å²) in [5.74, 6) is 8.36. The number of rotatable bonds is 1. The maximum absolute atomic E-state index is 5.24. The number of terminal acetylenes is 1. The molecule has 0 aromatic rings. The average molecular weight is 132 g/mol. The predicted octanol–water partition coefficient (Wildman–Crippen LogP) is 2.37. The van der Waals surface area contributed by atoms with E-state index in [0.29, 0.717) is 0 Å². The van der Waals surface area contributed by atoms with Crippen LogP contribution in [0, 0.1) is 24.2 Å². The van der Waals surface area contributed by atoms with Crippen LogP contribution in [-0.2, 0) is 0 Å². The van der Waals surface area contributed by atoms with Crippen molar-refractivity contribution < 1.29 is 0 Å². The molecule has 0 aliphatic heterocycles. The van der Waals surface area contributed by atoms with Gasteiger partial charge in [0.1, 0.15) is 0 Å². The average Bonchev–Trinajstić information content (AvgIpc) is 1.91. The van der Waals surface area contributed by atoms with E-state index < -0.39 is 0 Å². The van der Waals surface area contributed by atoms with Gasteiger partial charge in [0, 0.05) is 11.1 Å². The second-order valence-corrected chi connectivity index (χ2v) is 1.98. The van der Waals surface area contributed by atoms with Gasteiger partial charge < -0.3 is 0 Å². The molecule has 0 spiro atoms. The van der Waals surface area contributed by atoms with E-state index in [1.807, 2.05) is 20.8 Å². The Balaban J connectivity index is 4.59. The molecule has 0 amide bonds. The second-order valence-electron chi connectivity index (χ2n) is 1.98. The van der Waals surface area contributed by atoms with Gasteiger partial charge in [0.2, 0.25) is 0 Å². The maximum atomic E-state index is 5.24. The van der Waals surface area contributed by atoms with Crippen LogP contribution in [0.25, 0.3) is 0 Å². The summed E-state index contributed by atoms with van der Waals surface area (Å²) in [5.41, 5.74) is 2.03. The topological polar surface area (TPSA) is 0 Å². The van der Waals surface area contributed by atoms with Crippen molar-refractivity contribution in [2.24, 2.45) is 0 Å². The van der Waals surface area contributed by atoms with Crippen molar-refractivity contribution in [3.05, 3.63) is 11.1 Å². The van der Waals surface area contributed by atoms with E-state index in [-0.39, 0.29) is 0 Å². The molecule has 0 heterocycles. The van der Waals surface area contributed by atoms with Gasteiger partial charge in [0.05, 0.1) is 0 Å². The first-order valence-electron chi connectivity index (χ1n) is 3.35. The monoisotopic (exact) mass is 132 g/mol. The molecule has 0 fully saturated rings. The highest BCUT2D eigenvalue weighted by molar-refractivity contribution is 5.40. The second kappa shape index (κ2) is 4.71. The third kappa shape index (κ3) is 2.42. The molecule has 0 aliphatic carbocycles. The molecular weight excluding hydrogens is 120 g/mol. The van der Waals surface area contributed by atoms with Gasteiger partial charge in [-0.1, -0.05) is 18.8 Å². The largest absolute Gasteiger partial charge is 0.115 e. The maximum Gasteiger partial charge on any atom is 0.0127 e. The van der Waals surface area contributed by atoms with E-state index in [1.165, 1.54) is 0 Å². The van der Waals surface area contributed by atoms with Crippen LogP contribution in [0.3, 0.4) is 0 Å². The molecule has 0 N–H and O–H groups in total. The van der Waals surface area contributed by atoms with Crippen molar-refractivity contribution in [2.75, 3.05) is 0 Å². The lowest BCUT2D eigenvalue weighted by atomic mass is 10.1. The molecule has 52 valence electrons. The Bertz CT molecular complexity index is 225. The first-order chi connectivity index (χ1) is 4.76. The standard InChI is InChI=1S/C10H12/c1-5-8-9(4)10(6-2)7-3/h2H,7H2,1,3-4H3/b10-9-. The van der Waals surface area contributed by atoms with Crippen molar-refractivity contribution in [2.45, 2.75) is 27.2 Å². The third-order valence-corrected chi connectivity index (χ3v) is 1.29. The Labute approximate surface area is 63.3 Å². The number of hydrogen-bond donors (Lipinski definition) is 0. The summed E-state index contributed by atoms with van der Waals surface area (Å²) >= 11 is 0. The minimum absolute atomic E-state index is 0.900. The van der Waals surface area contributed by atoms with Crippen LogP contribution in [0.15, 0.2) is 11.1 Å². The van der Waals surface area contributed by atoms with Gasteiger partial charge in [0.15, 0.2) is 0 Å². The van der Waals surface area contributed by atoms with Gasteiger partial charge in [-0.15, -0.1) is 12.3 Å². The van der Waals surface area contributed by atoms with Crippen LogP contribution >= 0.6 is 0 Å². The molecule has 0 rings (SSSR count). The predicted molar refractivity (Wildman–Crippen MR) is 45.3 cm³/mol. The first-order valence-corrected chi connectivity index (χ1v) is 3.35. The van der Waals surface area contributed by atoms with Crippen molar-refractivity contribution in [3.8, 4) is 24.2 Å². The van der Waals surface area contributed by atoms with Gasteiger partial charge >= 0.3 is 0 Å². The molecule has 0 saturated heterocycles. The SMILES string of the molecule is C#C/C(CC)=C(\C)C#CC. The molecule has 0 aromatic heterocycles. The van der Waals surface area contributed by atoms with Crippen LogP contribution in [0.5, 0.6) is 0 Å². The lowest BCUT2D eigenvalue weighted by Gasteiger charge is -1.93. The lowest BCUT2D eigenvalue weighted by Crippen LogP contribution is -1.80. The summed E-state index contributed by atoms with van der Waals surface area (Å²) in [4.78, 5) is 0. The lowest BCUT2D eigenvalue weighted by molar-refractivity contribution is 1.14. The molecule has 0 bridgehead atoms. The summed E-state index contributed by atoms with van der Waals surface area (Å²) < 4.78 is 0. The van der Waals surface area contributed by atoms with E-state index in [1.54, 1.807) is 0 Å². The normalized spacial score (nSPS) is 10.6. The fraction of sp³-hybridized carbons (Fsp3) is 0.400. The van der Waals surface area contributed by atoms with Crippen LogP contribution in [0.1, 0.15) is 27.2 Å². The summed E-state index contributed by atoms with van der Waals surface area (Å²) in [5, 5.41) is 0. The first kappa shape index (κ1) is 8.86. The van der Waals surface area contributed by atoms with Crippen molar-refractivity contribution in [3.63, 3.8) is 0 Å².